The molecule has 0 spiro atoms. The second kappa shape index (κ2) is 9.96. The summed E-state index contributed by atoms with van der Waals surface area (Å²) in [5, 5.41) is 10.1. The third-order valence-corrected chi connectivity index (χ3v) is 10.4. The number of nitrogens with zero attached hydrogens (tertiary/aromatic N) is 3. The summed E-state index contributed by atoms with van der Waals surface area (Å²) in [4.78, 5) is 0. The van der Waals surface area contributed by atoms with Crippen LogP contribution in [0.2, 0.25) is 0 Å². The Morgan fingerprint density at radius 1 is 0.245 bits per heavy atom. The largest absolute Gasteiger partial charge is 0.309 e. The monoisotopic (exact) mass is 623 g/mol. The number of benzene rings is 8. The topological polar surface area (TPSA) is 14.8 Å². The van der Waals surface area contributed by atoms with Crippen LogP contribution in [0.1, 0.15) is 0 Å². The van der Waals surface area contributed by atoms with E-state index in [4.69, 9.17) is 0 Å². The van der Waals surface area contributed by atoms with E-state index >= 15 is 0 Å². The molecule has 0 atom stereocenters. The molecule has 0 radical (unpaired) electrons. The van der Waals surface area contributed by atoms with Gasteiger partial charge in [0, 0.05) is 54.8 Å². The fraction of sp³-hybridized carbons (Fsp3) is 0. The van der Waals surface area contributed by atoms with E-state index in [9.17, 15) is 0 Å². The van der Waals surface area contributed by atoms with Crippen LogP contribution in [0, 0.1) is 0 Å². The first-order valence-electron chi connectivity index (χ1n) is 16.9. The van der Waals surface area contributed by atoms with Crippen LogP contribution in [0.25, 0.3) is 93.3 Å². The molecule has 0 amide bonds. The molecule has 11 rings (SSSR count). The van der Waals surface area contributed by atoms with Crippen molar-refractivity contribution in [3.05, 3.63) is 176 Å². The van der Waals surface area contributed by atoms with Crippen molar-refractivity contribution in [2.45, 2.75) is 0 Å². The van der Waals surface area contributed by atoms with E-state index in [0.717, 1.165) is 17.1 Å². The Labute approximate surface area is 282 Å². The van der Waals surface area contributed by atoms with Gasteiger partial charge in [0.2, 0.25) is 0 Å². The van der Waals surface area contributed by atoms with E-state index in [2.05, 4.69) is 190 Å². The van der Waals surface area contributed by atoms with Gasteiger partial charge in [-0.15, -0.1) is 0 Å². The van der Waals surface area contributed by atoms with Crippen molar-refractivity contribution in [2.75, 3.05) is 0 Å². The molecule has 0 aliphatic rings. The van der Waals surface area contributed by atoms with Crippen molar-refractivity contribution >= 4 is 76.2 Å². The molecule has 11 aromatic rings. The van der Waals surface area contributed by atoms with Gasteiger partial charge in [0.1, 0.15) is 0 Å². The Balaban J connectivity index is 1.37. The number of para-hydroxylation sites is 5. The lowest BCUT2D eigenvalue weighted by Gasteiger charge is -2.14. The molecule has 228 valence electrons. The van der Waals surface area contributed by atoms with Crippen LogP contribution in [0.4, 0.5) is 0 Å². The second-order valence-electron chi connectivity index (χ2n) is 12.9. The predicted octanol–water partition coefficient (Wildman–Crippen LogP) is 12.1. The summed E-state index contributed by atoms with van der Waals surface area (Å²) in [6.07, 6.45) is 0. The molecule has 3 heteroatoms. The van der Waals surface area contributed by atoms with Gasteiger partial charge in [-0.25, -0.2) is 0 Å². The van der Waals surface area contributed by atoms with E-state index in [1.807, 2.05) is 0 Å². The van der Waals surface area contributed by atoms with Crippen molar-refractivity contribution in [1.82, 2.24) is 13.7 Å². The van der Waals surface area contributed by atoms with Crippen LogP contribution < -0.4 is 0 Å². The van der Waals surface area contributed by atoms with Crippen molar-refractivity contribution in [1.29, 1.82) is 0 Å². The Kier molecular flexibility index (Phi) is 5.38. The molecule has 8 aromatic carbocycles. The van der Waals surface area contributed by atoms with Crippen molar-refractivity contribution in [2.24, 2.45) is 0 Å². The molecular weight excluding hydrogens is 595 g/mol. The number of hydrogen-bond acceptors (Lipinski definition) is 0. The van der Waals surface area contributed by atoms with Crippen LogP contribution >= 0.6 is 0 Å². The van der Waals surface area contributed by atoms with Gasteiger partial charge in [-0.2, -0.15) is 0 Å². The van der Waals surface area contributed by atoms with E-state index in [0.29, 0.717) is 0 Å². The summed E-state index contributed by atoms with van der Waals surface area (Å²) < 4.78 is 7.40. The van der Waals surface area contributed by atoms with E-state index in [-0.39, 0.29) is 0 Å². The Hall–Kier alpha value is -6.58. The minimum atomic E-state index is 1.15. The van der Waals surface area contributed by atoms with E-state index in [1.54, 1.807) is 0 Å². The van der Waals surface area contributed by atoms with Crippen molar-refractivity contribution in [3.63, 3.8) is 0 Å². The first kappa shape index (κ1) is 26.5. The Morgan fingerprint density at radius 3 is 1.35 bits per heavy atom. The zero-order chi connectivity index (χ0) is 32.1. The lowest BCUT2D eigenvalue weighted by molar-refractivity contribution is 1.16. The molecule has 0 aliphatic carbocycles. The Morgan fingerprint density at radius 2 is 0.694 bits per heavy atom. The molecule has 0 saturated heterocycles. The average molecular weight is 624 g/mol. The molecule has 0 saturated carbocycles. The minimum Gasteiger partial charge on any atom is -0.309 e. The first-order chi connectivity index (χ1) is 24.4. The number of fused-ring (bicyclic) bond motifs is 13. The van der Waals surface area contributed by atoms with Gasteiger partial charge in [-0.1, -0.05) is 121 Å². The van der Waals surface area contributed by atoms with Crippen molar-refractivity contribution < 1.29 is 0 Å². The second-order valence-corrected chi connectivity index (χ2v) is 12.9. The average Bonchev–Trinajstić information content (AvgIpc) is 3.81. The molecule has 0 aliphatic heterocycles. The summed E-state index contributed by atoms with van der Waals surface area (Å²) in [6.45, 7) is 0. The molecule has 3 nitrogen and oxygen atoms in total. The van der Waals surface area contributed by atoms with Gasteiger partial charge in [0.25, 0.3) is 0 Å². The summed E-state index contributed by atoms with van der Waals surface area (Å²) in [5.41, 5.74) is 10.8. The number of hydrogen-bond donors (Lipinski definition) is 0. The van der Waals surface area contributed by atoms with Gasteiger partial charge >= 0.3 is 0 Å². The Bertz CT molecular complexity index is 3090. The third kappa shape index (κ3) is 3.56. The molecule has 0 N–H and O–H groups in total. The highest BCUT2D eigenvalue weighted by Crippen LogP contribution is 2.47. The molecule has 0 unspecified atom stereocenters. The van der Waals surface area contributed by atoms with Crippen LogP contribution in [0.15, 0.2) is 176 Å². The zero-order valence-corrected chi connectivity index (χ0v) is 26.6. The van der Waals surface area contributed by atoms with E-state index in [1.165, 1.54) is 76.2 Å². The maximum atomic E-state index is 2.52. The van der Waals surface area contributed by atoms with Crippen LogP contribution in [0.5, 0.6) is 0 Å². The summed E-state index contributed by atoms with van der Waals surface area (Å²) >= 11 is 0. The van der Waals surface area contributed by atoms with Crippen LogP contribution in [0.3, 0.4) is 0 Å². The molecule has 3 aromatic heterocycles. The normalized spacial score (nSPS) is 12.1. The SMILES string of the molecule is c1ccc(-n2c3ccccc3c3ccc(-n4c5ccccc5c5c6ccccc6c6c(c7ccccc7n6-c6ccccc6)c54)cc32)cc1. The van der Waals surface area contributed by atoms with Crippen LogP contribution in [-0.2, 0) is 0 Å². The van der Waals surface area contributed by atoms with Gasteiger partial charge in [-0.3, -0.25) is 0 Å². The summed E-state index contributed by atoms with van der Waals surface area (Å²) in [7, 11) is 0. The summed E-state index contributed by atoms with van der Waals surface area (Å²) in [6, 6.07) is 64.1. The molecule has 3 heterocycles. The highest BCUT2D eigenvalue weighted by molar-refractivity contribution is 6.36. The van der Waals surface area contributed by atoms with Gasteiger partial charge in [-0.05, 0) is 60.0 Å². The quantitative estimate of drug-likeness (QED) is 0.186. The maximum absolute atomic E-state index is 2.52. The minimum absolute atomic E-state index is 1.15. The predicted molar refractivity (Wildman–Crippen MR) is 207 cm³/mol. The number of aromatic nitrogens is 3. The third-order valence-electron chi connectivity index (χ3n) is 10.4. The molecule has 0 fully saturated rings. The molecular formula is C46H29N3. The number of rotatable bonds is 3. The maximum Gasteiger partial charge on any atom is 0.0647 e. The first-order valence-corrected chi connectivity index (χ1v) is 16.9. The van der Waals surface area contributed by atoms with Gasteiger partial charge < -0.3 is 13.7 Å². The zero-order valence-electron chi connectivity index (χ0n) is 26.6. The molecule has 49 heavy (non-hydrogen) atoms. The smallest absolute Gasteiger partial charge is 0.0647 e. The van der Waals surface area contributed by atoms with E-state index < -0.39 is 0 Å². The fourth-order valence-corrected chi connectivity index (χ4v) is 8.46. The highest BCUT2D eigenvalue weighted by atomic mass is 15.0. The summed E-state index contributed by atoms with van der Waals surface area (Å²) in [5.74, 6) is 0. The van der Waals surface area contributed by atoms with Crippen molar-refractivity contribution in [3.8, 4) is 17.1 Å². The molecule has 0 bridgehead atoms. The fourth-order valence-electron chi connectivity index (χ4n) is 8.46. The lowest BCUT2D eigenvalue weighted by Crippen LogP contribution is -1.98. The lowest BCUT2D eigenvalue weighted by atomic mass is 9.99. The highest BCUT2D eigenvalue weighted by Gasteiger charge is 2.24. The van der Waals surface area contributed by atoms with Gasteiger partial charge in [0.05, 0.1) is 33.1 Å². The van der Waals surface area contributed by atoms with Gasteiger partial charge in [0.15, 0.2) is 0 Å². The van der Waals surface area contributed by atoms with Crippen LogP contribution in [-0.4, -0.2) is 13.7 Å². The standard InChI is InChI=1S/C46H29N3/c1-3-15-30(16-4-1)47-39-24-12-9-19-33(39)34-28-27-32(29-42(34)47)49-40-25-13-10-22-37(40)43-35-20-7-8-21-36(35)45-44(46(43)49)38-23-11-14-26-41(38)48(45)31-17-5-2-6-18-31/h1-29H.